The van der Waals surface area contributed by atoms with Crippen LogP contribution in [0.2, 0.25) is 0 Å². The summed E-state index contributed by atoms with van der Waals surface area (Å²) in [5, 5.41) is 11.1. The van der Waals surface area contributed by atoms with Crippen molar-refractivity contribution in [1.82, 2.24) is 9.88 Å². The maximum absolute atomic E-state index is 10.0. The zero-order chi connectivity index (χ0) is 12.4. The van der Waals surface area contributed by atoms with Crippen molar-refractivity contribution in [2.45, 2.75) is 13.0 Å². The van der Waals surface area contributed by atoms with Crippen molar-refractivity contribution in [2.24, 2.45) is 0 Å². The Morgan fingerprint density at radius 1 is 1.24 bits per heavy atom. The number of hydrogen-bond donors (Lipinski definition) is 1. The minimum atomic E-state index is -0.448. The molecule has 3 heteroatoms. The van der Waals surface area contributed by atoms with Gasteiger partial charge in [-0.1, -0.05) is 12.1 Å². The van der Waals surface area contributed by atoms with Gasteiger partial charge in [-0.25, -0.2) is 0 Å². The lowest BCUT2D eigenvalue weighted by Crippen LogP contribution is -2.19. The molecule has 2 aromatic rings. The lowest BCUT2D eigenvalue weighted by molar-refractivity contribution is 0.138. The molecule has 0 aliphatic rings. The molecule has 0 saturated carbocycles. The molecule has 1 heterocycles. The molecule has 1 unspecified atom stereocenters. The Hall–Kier alpha value is -1.45. The van der Waals surface area contributed by atoms with Crippen LogP contribution in [0.15, 0.2) is 30.3 Å². The number of hydrogen-bond acceptors (Lipinski definition) is 3. The third-order valence-electron chi connectivity index (χ3n) is 2.78. The predicted molar refractivity (Wildman–Crippen MR) is 70.0 cm³/mol. The number of benzene rings is 1. The first-order valence-corrected chi connectivity index (χ1v) is 5.76. The Kier molecular flexibility index (Phi) is 3.41. The fourth-order valence-electron chi connectivity index (χ4n) is 1.90. The van der Waals surface area contributed by atoms with Crippen LogP contribution in [0.25, 0.3) is 10.9 Å². The zero-order valence-electron chi connectivity index (χ0n) is 10.5. The van der Waals surface area contributed by atoms with Crippen molar-refractivity contribution in [3.63, 3.8) is 0 Å². The molecule has 0 aliphatic carbocycles. The first kappa shape index (κ1) is 12.0. The lowest BCUT2D eigenvalue weighted by Gasteiger charge is -2.16. The van der Waals surface area contributed by atoms with Crippen LogP contribution in [0, 0.1) is 6.92 Å². The third-order valence-corrected chi connectivity index (χ3v) is 2.78. The predicted octanol–water partition coefficient (Wildman–Crippen LogP) is 2.14. The van der Waals surface area contributed by atoms with Gasteiger partial charge in [0.25, 0.3) is 0 Å². The molecule has 0 bridgehead atoms. The minimum absolute atomic E-state index is 0.448. The molecule has 0 aliphatic heterocycles. The van der Waals surface area contributed by atoms with Gasteiger partial charge < -0.3 is 10.0 Å². The second kappa shape index (κ2) is 4.82. The molecule has 0 saturated heterocycles. The van der Waals surface area contributed by atoms with E-state index in [1.54, 1.807) is 0 Å². The average molecular weight is 230 g/mol. The summed E-state index contributed by atoms with van der Waals surface area (Å²) in [6.07, 6.45) is -0.448. The molecule has 1 N–H and O–H groups in total. The molecule has 1 aromatic heterocycles. The zero-order valence-corrected chi connectivity index (χ0v) is 10.5. The van der Waals surface area contributed by atoms with E-state index in [9.17, 15) is 5.11 Å². The van der Waals surface area contributed by atoms with Crippen molar-refractivity contribution >= 4 is 10.9 Å². The van der Waals surface area contributed by atoms with E-state index in [-0.39, 0.29) is 0 Å². The quantitative estimate of drug-likeness (QED) is 0.877. The first-order valence-electron chi connectivity index (χ1n) is 5.76. The summed E-state index contributed by atoms with van der Waals surface area (Å²) in [4.78, 5) is 6.42. The summed E-state index contributed by atoms with van der Waals surface area (Å²) in [5.41, 5.74) is 2.93. The molecule has 0 amide bonds. The van der Waals surface area contributed by atoms with E-state index in [0.29, 0.717) is 6.54 Å². The number of aromatic nitrogens is 1. The summed E-state index contributed by atoms with van der Waals surface area (Å²) in [7, 11) is 3.91. The van der Waals surface area contributed by atoms with E-state index in [2.05, 4.69) is 4.98 Å². The fourth-order valence-corrected chi connectivity index (χ4v) is 1.90. The van der Waals surface area contributed by atoms with E-state index >= 15 is 0 Å². The first-order chi connectivity index (χ1) is 8.06. The number of aryl methyl sites for hydroxylation is 1. The van der Waals surface area contributed by atoms with Crippen molar-refractivity contribution in [3.05, 3.63) is 41.6 Å². The van der Waals surface area contributed by atoms with Gasteiger partial charge in [0.2, 0.25) is 0 Å². The maximum atomic E-state index is 10.0. The van der Waals surface area contributed by atoms with Gasteiger partial charge in [-0.15, -0.1) is 0 Å². The van der Waals surface area contributed by atoms with Gasteiger partial charge in [-0.2, -0.15) is 0 Å². The Bertz CT molecular complexity index is 523. The van der Waals surface area contributed by atoms with Gasteiger partial charge in [0.1, 0.15) is 0 Å². The van der Waals surface area contributed by atoms with Crippen molar-refractivity contribution in [1.29, 1.82) is 0 Å². The van der Waals surface area contributed by atoms with Crippen LogP contribution in [0.1, 0.15) is 17.4 Å². The van der Waals surface area contributed by atoms with Crippen LogP contribution in [-0.2, 0) is 0 Å². The van der Waals surface area contributed by atoms with Crippen LogP contribution in [-0.4, -0.2) is 35.6 Å². The number of pyridine rings is 1. The van der Waals surface area contributed by atoms with Gasteiger partial charge in [-0.3, -0.25) is 4.98 Å². The highest BCUT2D eigenvalue weighted by Crippen LogP contribution is 2.20. The molecular weight excluding hydrogens is 212 g/mol. The SMILES string of the molecule is Cc1ccc2cc(C(O)CN(C)C)ccc2n1. The van der Waals surface area contributed by atoms with E-state index in [1.807, 2.05) is 56.3 Å². The molecule has 2 rings (SSSR count). The van der Waals surface area contributed by atoms with E-state index in [0.717, 1.165) is 22.2 Å². The smallest absolute Gasteiger partial charge is 0.0916 e. The summed E-state index contributed by atoms with van der Waals surface area (Å²) in [5.74, 6) is 0. The Balaban J connectivity index is 2.34. The molecule has 0 spiro atoms. The number of fused-ring (bicyclic) bond motifs is 1. The normalized spacial score (nSPS) is 13.2. The van der Waals surface area contributed by atoms with Crippen molar-refractivity contribution in [3.8, 4) is 0 Å². The molecule has 17 heavy (non-hydrogen) atoms. The minimum Gasteiger partial charge on any atom is -0.387 e. The largest absolute Gasteiger partial charge is 0.387 e. The summed E-state index contributed by atoms with van der Waals surface area (Å²) < 4.78 is 0. The molecule has 0 fully saturated rings. The van der Waals surface area contributed by atoms with E-state index in [4.69, 9.17) is 0 Å². The third kappa shape index (κ3) is 2.81. The monoisotopic (exact) mass is 230 g/mol. The standard InChI is InChI=1S/C14H18N2O/c1-10-4-5-11-8-12(6-7-13(11)15-10)14(17)9-16(2)3/h4-8,14,17H,9H2,1-3H3. The Labute approximate surface area is 102 Å². The van der Waals surface area contributed by atoms with Crippen LogP contribution in [0.5, 0.6) is 0 Å². The molecule has 0 radical (unpaired) electrons. The summed E-state index contributed by atoms with van der Waals surface area (Å²) >= 11 is 0. The molecular formula is C14H18N2O. The highest BCUT2D eigenvalue weighted by atomic mass is 16.3. The van der Waals surface area contributed by atoms with Crippen molar-refractivity contribution < 1.29 is 5.11 Å². The molecule has 90 valence electrons. The van der Waals surface area contributed by atoms with E-state index in [1.165, 1.54) is 0 Å². The Morgan fingerprint density at radius 2 is 2.00 bits per heavy atom. The van der Waals surface area contributed by atoms with Gasteiger partial charge in [0.05, 0.1) is 11.6 Å². The second-order valence-electron chi connectivity index (χ2n) is 4.68. The number of aliphatic hydroxyl groups excluding tert-OH is 1. The summed E-state index contributed by atoms with van der Waals surface area (Å²) in [6.45, 7) is 2.61. The number of rotatable bonds is 3. The Morgan fingerprint density at radius 3 is 2.71 bits per heavy atom. The maximum Gasteiger partial charge on any atom is 0.0916 e. The topological polar surface area (TPSA) is 36.4 Å². The summed E-state index contributed by atoms with van der Waals surface area (Å²) in [6, 6.07) is 9.96. The van der Waals surface area contributed by atoms with E-state index < -0.39 is 6.10 Å². The van der Waals surface area contributed by atoms with Crippen LogP contribution < -0.4 is 0 Å². The van der Waals surface area contributed by atoms with Crippen LogP contribution in [0.3, 0.4) is 0 Å². The number of aliphatic hydroxyl groups is 1. The van der Waals surface area contributed by atoms with Gasteiger partial charge >= 0.3 is 0 Å². The fraction of sp³-hybridized carbons (Fsp3) is 0.357. The molecule has 1 atom stereocenters. The number of nitrogens with zero attached hydrogens (tertiary/aromatic N) is 2. The highest BCUT2D eigenvalue weighted by molar-refractivity contribution is 5.79. The molecule has 1 aromatic carbocycles. The van der Waals surface area contributed by atoms with Gasteiger partial charge in [0, 0.05) is 17.6 Å². The van der Waals surface area contributed by atoms with Crippen molar-refractivity contribution in [2.75, 3.05) is 20.6 Å². The van der Waals surface area contributed by atoms with Crippen LogP contribution >= 0.6 is 0 Å². The van der Waals surface area contributed by atoms with Gasteiger partial charge in [0.15, 0.2) is 0 Å². The second-order valence-corrected chi connectivity index (χ2v) is 4.68. The highest BCUT2D eigenvalue weighted by Gasteiger charge is 2.09. The lowest BCUT2D eigenvalue weighted by atomic mass is 10.1. The molecule has 3 nitrogen and oxygen atoms in total. The average Bonchev–Trinajstić information content (AvgIpc) is 2.27. The number of likely N-dealkylation sites (N-methyl/N-ethyl adjacent to an activating group) is 1. The van der Waals surface area contributed by atoms with Gasteiger partial charge in [-0.05, 0) is 44.8 Å². The van der Waals surface area contributed by atoms with Crippen LogP contribution in [0.4, 0.5) is 0 Å².